The van der Waals surface area contributed by atoms with Gasteiger partial charge >= 0.3 is 0 Å². The van der Waals surface area contributed by atoms with E-state index >= 15 is 0 Å². The lowest BCUT2D eigenvalue weighted by molar-refractivity contribution is -0.0752. The van der Waals surface area contributed by atoms with Crippen LogP contribution in [0.2, 0.25) is 0 Å². The number of aliphatic hydroxyl groups is 1. The number of nitriles is 1. The van der Waals surface area contributed by atoms with Crippen LogP contribution >= 0.6 is 0 Å². The van der Waals surface area contributed by atoms with E-state index in [4.69, 9.17) is 9.88 Å². The maximum Gasteiger partial charge on any atom is 0.238 e. The van der Waals surface area contributed by atoms with Crippen LogP contribution in [0.25, 0.3) is 0 Å². The van der Waals surface area contributed by atoms with Crippen molar-refractivity contribution < 1.29 is 18.3 Å². The molecule has 1 saturated carbocycles. The van der Waals surface area contributed by atoms with Gasteiger partial charge in [-0.1, -0.05) is 6.42 Å². The minimum absolute atomic E-state index is 0.0117. The van der Waals surface area contributed by atoms with Gasteiger partial charge in [0, 0.05) is 5.69 Å². The van der Waals surface area contributed by atoms with Gasteiger partial charge in [-0.05, 0) is 50.5 Å². The monoisotopic (exact) mass is 403 g/mol. The van der Waals surface area contributed by atoms with Crippen LogP contribution in [0.1, 0.15) is 38.2 Å². The fraction of sp³-hybridized carbons (Fsp3) is 0.389. The van der Waals surface area contributed by atoms with E-state index in [2.05, 4.69) is 15.3 Å². The van der Waals surface area contributed by atoms with Crippen LogP contribution in [-0.4, -0.2) is 35.2 Å². The summed E-state index contributed by atoms with van der Waals surface area (Å²) in [6.07, 6.45) is 4.00. The number of anilines is 2. The van der Waals surface area contributed by atoms with Crippen LogP contribution < -0.4 is 15.2 Å². The van der Waals surface area contributed by atoms with E-state index in [1.54, 1.807) is 6.92 Å². The van der Waals surface area contributed by atoms with Crippen molar-refractivity contribution in [1.29, 1.82) is 5.26 Å². The molecule has 0 aliphatic heterocycles. The van der Waals surface area contributed by atoms with Gasteiger partial charge in [-0.15, -0.1) is 0 Å². The highest BCUT2D eigenvalue weighted by molar-refractivity contribution is 7.89. The second-order valence-corrected chi connectivity index (χ2v) is 8.49. The Bertz CT molecular complexity index is 1000. The van der Waals surface area contributed by atoms with Gasteiger partial charge < -0.3 is 15.2 Å². The zero-order chi connectivity index (χ0) is 20.4. The number of nitrogens with two attached hydrogens (primary N) is 1. The van der Waals surface area contributed by atoms with E-state index in [0.717, 1.165) is 12.8 Å². The Hall–Kier alpha value is -2.74. The first kappa shape index (κ1) is 20.0. The molecule has 0 amide bonds. The third-order valence-corrected chi connectivity index (χ3v) is 5.59. The number of nitrogens with one attached hydrogen (secondary N) is 1. The average Bonchev–Trinajstić information content (AvgIpc) is 2.63. The molecule has 2 aromatic rings. The molecule has 2 atom stereocenters. The van der Waals surface area contributed by atoms with E-state index in [1.807, 2.05) is 6.07 Å². The molecule has 28 heavy (non-hydrogen) atoms. The zero-order valence-electron chi connectivity index (χ0n) is 15.3. The molecule has 1 fully saturated rings. The number of rotatable bonds is 5. The fourth-order valence-corrected chi connectivity index (χ4v) is 3.57. The van der Waals surface area contributed by atoms with Crippen LogP contribution in [0, 0.1) is 11.3 Å². The number of hydrogen-bond donors (Lipinski definition) is 3. The SMILES string of the molecule is C[C@]1(O)CCCC[C@H]1Oc1nc(Nc2ccc(S(N)(=O)=O)cc2)ncc1C#N. The van der Waals surface area contributed by atoms with Crippen LogP contribution in [0.4, 0.5) is 11.6 Å². The molecular formula is C18H21N5O4S. The number of sulfonamides is 1. The molecule has 148 valence electrons. The molecule has 0 bridgehead atoms. The number of ether oxygens (including phenoxy) is 1. The Morgan fingerprint density at radius 1 is 1.36 bits per heavy atom. The summed E-state index contributed by atoms with van der Waals surface area (Å²) in [7, 11) is -3.77. The molecule has 1 heterocycles. The predicted octanol–water partition coefficient (Wildman–Crippen LogP) is 1.81. The highest BCUT2D eigenvalue weighted by Gasteiger charge is 2.37. The van der Waals surface area contributed by atoms with Gasteiger partial charge in [-0.2, -0.15) is 10.2 Å². The quantitative estimate of drug-likeness (QED) is 0.683. The lowest BCUT2D eigenvalue weighted by atomic mass is 9.84. The summed E-state index contributed by atoms with van der Waals surface area (Å²) in [5, 5.41) is 27.8. The molecule has 1 aliphatic rings. The maximum absolute atomic E-state index is 11.3. The molecule has 9 nitrogen and oxygen atoms in total. The molecule has 1 aromatic carbocycles. The number of nitrogens with zero attached hydrogens (tertiary/aromatic N) is 3. The second kappa shape index (κ2) is 7.71. The van der Waals surface area contributed by atoms with E-state index < -0.39 is 21.7 Å². The first-order valence-corrected chi connectivity index (χ1v) is 10.3. The molecule has 0 unspecified atom stereocenters. The summed E-state index contributed by atoms with van der Waals surface area (Å²) in [6.45, 7) is 1.72. The Morgan fingerprint density at radius 3 is 2.68 bits per heavy atom. The average molecular weight is 403 g/mol. The molecule has 4 N–H and O–H groups in total. The summed E-state index contributed by atoms with van der Waals surface area (Å²) in [6, 6.07) is 7.75. The topological polar surface area (TPSA) is 151 Å². The molecule has 10 heteroatoms. The van der Waals surface area contributed by atoms with Crippen molar-refractivity contribution in [3.63, 3.8) is 0 Å². The van der Waals surface area contributed by atoms with E-state index in [-0.39, 0.29) is 22.3 Å². The van der Waals surface area contributed by atoms with E-state index in [9.17, 15) is 18.8 Å². The van der Waals surface area contributed by atoms with Crippen LogP contribution in [0.5, 0.6) is 5.88 Å². The summed E-state index contributed by atoms with van der Waals surface area (Å²) >= 11 is 0. The summed E-state index contributed by atoms with van der Waals surface area (Å²) in [4.78, 5) is 8.31. The molecule has 1 aliphatic carbocycles. The summed E-state index contributed by atoms with van der Waals surface area (Å²) in [5.74, 6) is 0.265. The van der Waals surface area contributed by atoms with Crippen molar-refractivity contribution in [3.8, 4) is 11.9 Å². The van der Waals surface area contributed by atoms with Crippen LogP contribution in [0.3, 0.4) is 0 Å². The Morgan fingerprint density at radius 2 is 2.07 bits per heavy atom. The number of primary sulfonamides is 1. The Kier molecular flexibility index (Phi) is 5.51. The Balaban J connectivity index is 1.82. The third-order valence-electron chi connectivity index (χ3n) is 4.66. The smallest absolute Gasteiger partial charge is 0.238 e. The van der Waals surface area contributed by atoms with E-state index in [0.29, 0.717) is 18.5 Å². The second-order valence-electron chi connectivity index (χ2n) is 6.93. The molecule has 0 radical (unpaired) electrons. The maximum atomic E-state index is 11.3. The van der Waals surface area contributed by atoms with Gasteiger partial charge in [-0.25, -0.2) is 18.5 Å². The highest BCUT2D eigenvalue weighted by atomic mass is 32.2. The largest absolute Gasteiger partial charge is 0.470 e. The van der Waals surface area contributed by atoms with Gasteiger partial charge in [0.1, 0.15) is 17.7 Å². The summed E-state index contributed by atoms with van der Waals surface area (Å²) in [5.41, 5.74) is -0.295. The predicted molar refractivity (Wildman–Crippen MR) is 101 cm³/mol. The molecular weight excluding hydrogens is 382 g/mol. The lowest BCUT2D eigenvalue weighted by Gasteiger charge is -2.36. The fourth-order valence-electron chi connectivity index (χ4n) is 3.06. The minimum atomic E-state index is -3.77. The highest BCUT2D eigenvalue weighted by Crippen LogP contribution is 2.32. The van der Waals surface area contributed by atoms with Crippen molar-refractivity contribution in [3.05, 3.63) is 36.0 Å². The minimum Gasteiger partial charge on any atom is -0.470 e. The number of benzene rings is 1. The van der Waals surface area contributed by atoms with Crippen molar-refractivity contribution in [2.24, 2.45) is 5.14 Å². The van der Waals surface area contributed by atoms with Crippen molar-refractivity contribution in [2.45, 2.75) is 49.2 Å². The van der Waals surface area contributed by atoms with E-state index in [1.165, 1.54) is 30.5 Å². The third kappa shape index (κ3) is 4.56. The normalized spacial score (nSPS) is 22.3. The van der Waals surface area contributed by atoms with Gasteiger partial charge in [0.05, 0.1) is 16.7 Å². The molecule has 3 rings (SSSR count). The molecule has 1 aromatic heterocycles. The van der Waals surface area contributed by atoms with Gasteiger partial charge in [0.25, 0.3) is 0 Å². The van der Waals surface area contributed by atoms with Crippen molar-refractivity contribution in [1.82, 2.24) is 9.97 Å². The number of hydrogen-bond acceptors (Lipinski definition) is 8. The van der Waals surface area contributed by atoms with Gasteiger partial charge in [-0.3, -0.25) is 0 Å². The van der Waals surface area contributed by atoms with Crippen molar-refractivity contribution in [2.75, 3.05) is 5.32 Å². The first-order valence-electron chi connectivity index (χ1n) is 8.75. The summed E-state index contributed by atoms with van der Waals surface area (Å²) < 4.78 is 28.5. The molecule has 0 spiro atoms. The molecule has 0 saturated heterocycles. The van der Waals surface area contributed by atoms with Crippen LogP contribution in [0.15, 0.2) is 35.4 Å². The van der Waals surface area contributed by atoms with Gasteiger partial charge in [0.15, 0.2) is 0 Å². The standard InChI is InChI=1S/C18H21N5O4S/c1-18(24)9-3-2-4-15(18)27-16-12(10-19)11-21-17(23-16)22-13-5-7-14(8-6-13)28(20,25)26/h5-8,11,15,24H,2-4,9H2,1H3,(H2,20,25,26)(H,21,22,23)/t15-,18+/m1/s1. The number of aromatic nitrogens is 2. The van der Waals surface area contributed by atoms with Gasteiger partial charge in [0.2, 0.25) is 21.9 Å². The zero-order valence-corrected chi connectivity index (χ0v) is 16.1. The first-order chi connectivity index (χ1) is 13.2. The van der Waals surface area contributed by atoms with Crippen LogP contribution in [-0.2, 0) is 10.0 Å². The lowest BCUT2D eigenvalue weighted by Crippen LogP contribution is -2.45. The Labute approximate surface area is 163 Å². The van der Waals surface area contributed by atoms with Crippen molar-refractivity contribution >= 4 is 21.7 Å².